The Balaban J connectivity index is 2.30. The molecule has 0 aliphatic carbocycles. The van der Waals surface area contributed by atoms with Crippen LogP contribution in [0, 0.1) is 6.92 Å². The lowest BCUT2D eigenvalue weighted by molar-refractivity contribution is 0.474. The molecule has 0 radical (unpaired) electrons. The fourth-order valence-corrected chi connectivity index (χ4v) is 1.59. The van der Waals surface area contributed by atoms with Gasteiger partial charge in [0.05, 0.1) is 16.4 Å². The van der Waals surface area contributed by atoms with Crippen molar-refractivity contribution in [2.75, 3.05) is 0 Å². The summed E-state index contributed by atoms with van der Waals surface area (Å²) >= 11 is 3.43. The molecule has 78 valence electrons. The van der Waals surface area contributed by atoms with Gasteiger partial charge in [0.1, 0.15) is 5.75 Å². The van der Waals surface area contributed by atoms with Crippen LogP contribution in [0.1, 0.15) is 5.69 Å². The minimum atomic E-state index is 0.782. The van der Waals surface area contributed by atoms with Crippen LogP contribution < -0.4 is 4.74 Å². The number of para-hydroxylation sites is 1. The van der Waals surface area contributed by atoms with Gasteiger partial charge in [0.15, 0.2) is 5.75 Å². The van der Waals surface area contributed by atoms with Crippen LogP contribution in [0.15, 0.2) is 34.9 Å². The average molecular weight is 267 g/mol. The van der Waals surface area contributed by atoms with Gasteiger partial charge in [-0.05, 0) is 35.0 Å². The summed E-state index contributed by atoms with van der Waals surface area (Å²) < 4.78 is 8.45. The highest BCUT2D eigenvalue weighted by atomic mass is 79.9. The van der Waals surface area contributed by atoms with Crippen LogP contribution in [0.25, 0.3) is 0 Å². The van der Waals surface area contributed by atoms with E-state index in [9.17, 15) is 0 Å². The number of benzene rings is 1. The van der Waals surface area contributed by atoms with Gasteiger partial charge in [-0.25, -0.2) is 0 Å². The molecule has 3 nitrogen and oxygen atoms in total. The summed E-state index contributed by atoms with van der Waals surface area (Å²) in [5, 5.41) is 4.12. The zero-order valence-corrected chi connectivity index (χ0v) is 10.2. The first kappa shape index (κ1) is 10.2. The zero-order chi connectivity index (χ0) is 10.8. The Morgan fingerprint density at radius 2 is 2.00 bits per heavy atom. The summed E-state index contributed by atoms with van der Waals surface area (Å²) in [5.41, 5.74) is 1.01. The molecule has 2 rings (SSSR count). The Kier molecular flexibility index (Phi) is 2.77. The largest absolute Gasteiger partial charge is 0.453 e. The molecular formula is C11H11BrN2O. The molecule has 0 saturated heterocycles. The van der Waals surface area contributed by atoms with Crippen molar-refractivity contribution < 1.29 is 4.74 Å². The molecule has 0 aliphatic rings. The highest BCUT2D eigenvalue weighted by Gasteiger charge is 2.07. The number of ether oxygens (including phenoxy) is 1. The third-order valence-corrected chi connectivity index (χ3v) is 2.90. The fraction of sp³-hybridized carbons (Fsp3) is 0.182. The van der Waals surface area contributed by atoms with Crippen LogP contribution in [0.4, 0.5) is 0 Å². The number of hydrogen-bond acceptors (Lipinski definition) is 2. The lowest BCUT2D eigenvalue weighted by Gasteiger charge is -2.06. The first-order chi connectivity index (χ1) is 7.18. The molecule has 0 unspecified atom stereocenters. The lowest BCUT2D eigenvalue weighted by Crippen LogP contribution is -1.93. The van der Waals surface area contributed by atoms with E-state index in [1.54, 1.807) is 10.9 Å². The van der Waals surface area contributed by atoms with Gasteiger partial charge in [-0.15, -0.1) is 0 Å². The van der Waals surface area contributed by atoms with Crippen LogP contribution in [-0.2, 0) is 7.05 Å². The zero-order valence-electron chi connectivity index (χ0n) is 8.57. The minimum absolute atomic E-state index is 0.782. The van der Waals surface area contributed by atoms with Gasteiger partial charge in [-0.3, -0.25) is 4.68 Å². The number of halogens is 1. The van der Waals surface area contributed by atoms with Gasteiger partial charge in [-0.1, -0.05) is 12.1 Å². The van der Waals surface area contributed by atoms with Gasteiger partial charge in [0.2, 0.25) is 0 Å². The lowest BCUT2D eigenvalue weighted by atomic mass is 10.3. The predicted molar refractivity (Wildman–Crippen MR) is 62.2 cm³/mol. The van der Waals surface area contributed by atoms with E-state index in [0.717, 1.165) is 21.7 Å². The molecule has 1 aromatic heterocycles. The van der Waals surface area contributed by atoms with Crippen LogP contribution in [0.2, 0.25) is 0 Å². The van der Waals surface area contributed by atoms with E-state index in [0.29, 0.717) is 0 Å². The smallest absolute Gasteiger partial charge is 0.168 e. The second-order valence-electron chi connectivity index (χ2n) is 3.25. The number of aromatic nitrogens is 2. The third-order valence-electron chi connectivity index (χ3n) is 2.25. The molecule has 0 saturated carbocycles. The maximum Gasteiger partial charge on any atom is 0.168 e. The Bertz CT molecular complexity index is 479. The van der Waals surface area contributed by atoms with E-state index in [1.807, 2.05) is 38.2 Å². The van der Waals surface area contributed by atoms with E-state index in [4.69, 9.17) is 4.74 Å². The minimum Gasteiger partial charge on any atom is -0.453 e. The van der Waals surface area contributed by atoms with Crippen LogP contribution in [0.3, 0.4) is 0 Å². The summed E-state index contributed by atoms with van der Waals surface area (Å²) in [6.45, 7) is 1.97. The molecule has 1 heterocycles. The standard InChI is InChI=1S/C11H11BrN2O/c1-8-11(7-13-14(8)2)15-10-6-4-3-5-9(10)12/h3-7H,1-2H3. The molecule has 0 aliphatic heterocycles. The molecule has 15 heavy (non-hydrogen) atoms. The maximum atomic E-state index is 5.73. The van der Waals surface area contributed by atoms with E-state index < -0.39 is 0 Å². The molecular weight excluding hydrogens is 256 g/mol. The van der Waals surface area contributed by atoms with E-state index in [2.05, 4.69) is 21.0 Å². The normalized spacial score (nSPS) is 10.3. The second-order valence-corrected chi connectivity index (χ2v) is 4.10. The predicted octanol–water partition coefficient (Wildman–Crippen LogP) is 3.28. The van der Waals surface area contributed by atoms with Crippen molar-refractivity contribution in [3.63, 3.8) is 0 Å². The third kappa shape index (κ3) is 2.04. The number of nitrogens with zero attached hydrogens (tertiary/aromatic N) is 2. The average Bonchev–Trinajstić information content (AvgIpc) is 2.53. The van der Waals surface area contributed by atoms with Crippen molar-refractivity contribution in [1.82, 2.24) is 9.78 Å². The molecule has 2 aromatic rings. The van der Waals surface area contributed by atoms with Gasteiger partial charge in [-0.2, -0.15) is 5.10 Å². The van der Waals surface area contributed by atoms with Crippen molar-refractivity contribution in [2.45, 2.75) is 6.92 Å². The summed E-state index contributed by atoms with van der Waals surface area (Å²) in [4.78, 5) is 0. The Morgan fingerprint density at radius 1 is 1.27 bits per heavy atom. The summed E-state index contributed by atoms with van der Waals surface area (Å²) in [5.74, 6) is 1.58. The van der Waals surface area contributed by atoms with Crippen molar-refractivity contribution in [2.24, 2.45) is 7.05 Å². The number of rotatable bonds is 2. The quantitative estimate of drug-likeness (QED) is 0.834. The summed E-state index contributed by atoms with van der Waals surface area (Å²) in [6.07, 6.45) is 1.72. The highest BCUT2D eigenvalue weighted by molar-refractivity contribution is 9.10. The van der Waals surface area contributed by atoms with E-state index in [1.165, 1.54) is 0 Å². The van der Waals surface area contributed by atoms with Gasteiger partial charge in [0, 0.05) is 7.05 Å². The molecule has 0 bridgehead atoms. The molecule has 0 amide bonds. The van der Waals surface area contributed by atoms with Gasteiger partial charge < -0.3 is 4.74 Å². The molecule has 0 spiro atoms. The van der Waals surface area contributed by atoms with Crippen LogP contribution >= 0.6 is 15.9 Å². The van der Waals surface area contributed by atoms with Gasteiger partial charge in [0.25, 0.3) is 0 Å². The Labute approximate surface area is 96.8 Å². The fourth-order valence-electron chi connectivity index (χ4n) is 1.22. The van der Waals surface area contributed by atoms with Crippen molar-refractivity contribution in [3.8, 4) is 11.5 Å². The molecule has 1 aromatic carbocycles. The van der Waals surface area contributed by atoms with Gasteiger partial charge >= 0.3 is 0 Å². The monoisotopic (exact) mass is 266 g/mol. The maximum absolute atomic E-state index is 5.73. The number of aryl methyl sites for hydroxylation is 1. The van der Waals surface area contributed by atoms with Crippen LogP contribution in [-0.4, -0.2) is 9.78 Å². The van der Waals surface area contributed by atoms with Crippen LogP contribution in [0.5, 0.6) is 11.5 Å². The number of hydrogen-bond donors (Lipinski definition) is 0. The SMILES string of the molecule is Cc1c(Oc2ccccc2Br)cnn1C. The molecule has 4 heteroatoms. The van der Waals surface area contributed by atoms with Crippen molar-refractivity contribution >= 4 is 15.9 Å². The topological polar surface area (TPSA) is 27.1 Å². The van der Waals surface area contributed by atoms with E-state index in [-0.39, 0.29) is 0 Å². The summed E-state index contributed by atoms with van der Waals surface area (Å²) in [7, 11) is 1.89. The van der Waals surface area contributed by atoms with Crippen molar-refractivity contribution in [1.29, 1.82) is 0 Å². The Morgan fingerprint density at radius 3 is 2.60 bits per heavy atom. The van der Waals surface area contributed by atoms with Crippen molar-refractivity contribution in [3.05, 3.63) is 40.6 Å². The second kappa shape index (κ2) is 4.06. The summed E-state index contributed by atoms with van der Waals surface area (Å²) in [6, 6.07) is 7.75. The highest BCUT2D eigenvalue weighted by Crippen LogP contribution is 2.30. The first-order valence-corrected chi connectivity index (χ1v) is 5.39. The molecule has 0 atom stereocenters. The van der Waals surface area contributed by atoms with E-state index >= 15 is 0 Å². The molecule has 0 fully saturated rings. The first-order valence-electron chi connectivity index (χ1n) is 4.59. The Hall–Kier alpha value is -1.29. The molecule has 0 N–H and O–H groups in total.